The molecular formula is C23H28INO4. The normalized spacial score (nSPS) is 16.8. The molecular weight excluding hydrogens is 481 g/mol. The zero-order valence-corrected chi connectivity index (χ0v) is 19.7. The molecule has 0 aromatic heterocycles. The van der Waals surface area contributed by atoms with Crippen molar-refractivity contribution in [3.63, 3.8) is 0 Å². The first-order chi connectivity index (χ1) is 13.8. The third-order valence-corrected chi connectivity index (χ3v) is 9.57. The van der Waals surface area contributed by atoms with Crippen LogP contribution in [-0.4, -0.2) is 31.3 Å². The second-order valence-electron chi connectivity index (χ2n) is 8.01. The van der Waals surface area contributed by atoms with E-state index in [1.807, 2.05) is 64.1 Å². The fraction of sp³-hybridized carbons (Fsp3) is 0.435. The molecule has 2 aromatic rings. The van der Waals surface area contributed by atoms with Gasteiger partial charge >= 0.3 is 181 Å². The van der Waals surface area contributed by atoms with Gasteiger partial charge in [-0.2, -0.15) is 0 Å². The maximum absolute atomic E-state index is 12.9. The summed E-state index contributed by atoms with van der Waals surface area (Å²) >= 11 is -2.40. The Morgan fingerprint density at radius 2 is 1.76 bits per heavy atom. The van der Waals surface area contributed by atoms with Crippen LogP contribution in [0.2, 0.25) is 0 Å². The number of ether oxygens (including phenoxy) is 2. The summed E-state index contributed by atoms with van der Waals surface area (Å²) in [7, 11) is 2.07. The minimum atomic E-state index is -2.40. The molecule has 0 saturated heterocycles. The van der Waals surface area contributed by atoms with Crippen molar-refractivity contribution in [2.24, 2.45) is 0 Å². The molecule has 0 spiro atoms. The second kappa shape index (κ2) is 8.05. The van der Waals surface area contributed by atoms with Gasteiger partial charge in [-0.05, 0) is 0 Å². The van der Waals surface area contributed by atoms with Gasteiger partial charge < -0.3 is 0 Å². The quantitative estimate of drug-likeness (QED) is 0.462. The molecule has 1 aliphatic carbocycles. The van der Waals surface area contributed by atoms with Gasteiger partial charge in [0.15, 0.2) is 0 Å². The number of rotatable bonds is 7. The molecule has 6 heteroatoms. The molecule has 1 aliphatic heterocycles. The van der Waals surface area contributed by atoms with Crippen LogP contribution in [0, 0.1) is 7.14 Å². The molecule has 0 atom stereocenters. The topological polar surface area (TPSA) is 48.0 Å². The summed E-state index contributed by atoms with van der Waals surface area (Å²) < 4.78 is 20.0. The van der Waals surface area contributed by atoms with Gasteiger partial charge in [0.2, 0.25) is 0 Å². The molecule has 0 radical (unpaired) electrons. The molecule has 1 heterocycles. The van der Waals surface area contributed by atoms with Crippen LogP contribution in [0.25, 0.3) is 0 Å². The third-order valence-electron chi connectivity index (χ3n) is 4.82. The van der Waals surface area contributed by atoms with E-state index in [1.165, 1.54) is 12.8 Å². The molecule has 2 aliphatic rings. The molecule has 4 rings (SSSR count). The first-order valence-electron chi connectivity index (χ1n) is 10.1. The van der Waals surface area contributed by atoms with Gasteiger partial charge in [-0.25, -0.2) is 0 Å². The number of hydrogen-bond donors (Lipinski definition) is 0. The van der Waals surface area contributed by atoms with Crippen LogP contribution in [0.1, 0.15) is 50.9 Å². The van der Waals surface area contributed by atoms with Crippen LogP contribution in [0.5, 0.6) is 11.5 Å². The molecule has 0 amide bonds. The number of carbonyl (C=O) groups is 1. The summed E-state index contributed by atoms with van der Waals surface area (Å²) in [6, 6.07) is 12.5. The molecule has 156 valence electrons. The van der Waals surface area contributed by atoms with Crippen LogP contribution in [-0.2, 0) is 3.07 Å². The Kier molecular flexibility index (Phi) is 5.64. The Bertz CT molecular complexity index is 923. The van der Waals surface area contributed by atoms with Gasteiger partial charge in [-0.3, -0.25) is 0 Å². The molecule has 1 fully saturated rings. The van der Waals surface area contributed by atoms with E-state index in [0.717, 1.165) is 29.9 Å². The molecule has 0 N–H and O–H groups in total. The molecule has 1 saturated carbocycles. The van der Waals surface area contributed by atoms with Gasteiger partial charge in [0, 0.05) is 0 Å². The van der Waals surface area contributed by atoms with Gasteiger partial charge in [0.1, 0.15) is 0 Å². The van der Waals surface area contributed by atoms with E-state index >= 15 is 0 Å². The van der Waals surface area contributed by atoms with Crippen molar-refractivity contribution in [3.05, 3.63) is 49.1 Å². The third kappa shape index (κ3) is 4.17. The van der Waals surface area contributed by atoms with Crippen LogP contribution in [0.15, 0.2) is 36.4 Å². The average molecular weight is 509 g/mol. The number of fused-ring (bicyclic) bond motifs is 1. The predicted molar refractivity (Wildman–Crippen MR) is 123 cm³/mol. The molecule has 5 nitrogen and oxygen atoms in total. The van der Waals surface area contributed by atoms with Crippen LogP contribution < -0.4 is 14.4 Å². The van der Waals surface area contributed by atoms with Crippen LogP contribution in [0.4, 0.5) is 5.69 Å². The maximum atomic E-state index is 12.9. The van der Waals surface area contributed by atoms with Crippen molar-refractivity contribution in [2.45, 2.75) is 58.8 Å². The SMILES string of the molecule is CC(C)Oc1ccc(I2OC(=O)c3c(N(C)C4CC4)cccc32)c(OC(C)C)c1. The molecule has 2 aromatic carbocycles. The molecule has 29 heavy (non-hydrogen) atoms. The number of anilines is 1. The number of carbonyl (C=O) groups excluding carboxylic acids is 1. The van der Waals surface area contributed by atoms with E-state index in [-0.39, 0.29) is 18.2 Å². The molecule has 0 bridgehead atoms. The summed E-state index contributed by atoms with van der Waals surface area (Å²) in [6.07, 6.45) is 2.46. The first kappa shape index (κ1) is 20.3. The van der Waals surface area contributed by atoms with Crippen molar-refractivity contribution in [3.8, 4) is 11.5 Å². The van der Waals surface area contributed by atoms with Gasteiger partial charge in [0.25, 0.3) is 0 Å². The summed E-state index contributed by atoms with van der Waals surface area (Å²) in [4.78, 5) is 15.1. The fourth-order valence-electron chi connectivity index (χ4n) is 3.43. The van der Waals surface area contributed by atoms with E-state index in [2.05, 4.69) is 11.9 Å². The molecule has 0 unspecified atom stereocenters. The first-order valence-corrected chi connectivity index (χ1v) is 13.1. The number of benzene rings is 2. The van der Waals surface area contributed by atoms with Crippen LogP contribution >= 0.6 is 20.2 Å². The van der Waals surface area contributed by atoms with E-state index < -0.39 is 20.2 Å². The predicted octanol–water partition coefficient (Wildman–Crippen LogP) is 5.49. The Labute approximate surface area is 180 Å². The summed E-state index contributed by atoms with van der Waals surface area (Å²) in [5.41, 5.74) is 1.73. The van der Waals surface area contributed by atoms with Gasteiger partial charge in [0.05, 0.1) is 0 Å². The van der Waals surface area contributed by atoms with Gasteiger partial charge in [-0.1, -0.05) is 0 Å². The summed E-state index contributed by atoms with van der Waals surface area (Å²) in [6.45, 7) is 8.00. The van der Waals surface area contributed by atoms with Crippen molar-refractivity contribution in [1.82, 2.24) is 0 Å². The van der Waals surface area contributed by atoms with Gasteiger partial charge in [-0.15, -0.1) is 0 Å². The Hall–Kier alpha value is -1.96. The van der Waals surface area contributed by atoms with Crippen molar-refractivity contribution in [1.29, 1.82) is 0 Å². The van der Waals surface area contributed by atoms with Crippen molar-refractivity contribution >= 4 is 31.9 Å². The Balaban J connectivity index is 1.75. The standard InChI is InChI=1S/C23H28INO4/c1-14(2)27-17-11-12-18(21(13-17)28-15(3)4)24-19-7-6-8-20(22(19)23(26)29-24)25(5)16-9-10-16/h6-8,11-16H,9-10H2,1-5H3. The number of halogens is 1. The van der Waals surface area contributed by atoms with Crippen LogP contribution in [0.3, 0.4) is 0 Å². The number of nitrogens with zero attached hydrogens (tertiary/aromatic N) is 1. The monoisotopic (exact) mass is 509 g/mol. The van der Waals surface area contributed by atoms with E-state index in [0.29, 0.717) is 6.04 Å². The fourth-order valence-corrected chi connectivity index (χ4v) is 7.94. The van der Waals surface area contributed by atoms with E-state index in [1.54, 1.807) is 0 Å². The average Bonchev–Trinajstić information content (AvgIpc) is 3.45. The zero-order valence-electron chi connectivity index (χ0n) is 17.6. The summed E-state index contributed by atoms with van der Waals surface area (Å²) in [5.74, 6) is 1.32. The minimum absolute atomic E-state index is 0.0176. The Morgan fingerprint density at radius 3 is 2.41 bits per heavy atom. The zero-order chi connectivity index (χ0) is 20.7. The number of hydrogen-bond acceptors (Lipinski definition) is 5. The van der Waals surface area contributed by atoms with Crippen molar-refractivity contribution in [2.75, 3.05) is 11.9 Å². The van der Waals surface area contributed by atoms with E-state index in [4.69, 9.17) is 12.5 Å². The summed E-state index contributed by atoms with van der Waals surface area (Å²) in [5, 5.41) is 0. The second-order valence-corrected chi connectivity index (χ2v) is 12.2. The van der Waals surface area contributed by atoms with E-state index in [9.17, 15) is 4.79 Å². The van der Waals surface area contributed by atoms with Crippen molar-refractivity contribution < 1.29 is 17.3 Å². The Morgan fingerprint density at radius 1 is 1.03 bits per heavy atom.